The van der Waals surface area contributed by atoms with Gasteiger partial charge in [-0.1, -0.05) is 0 Å². The second kappa shape index (κ2) is 6.36. The fraction of sp³-hybridized carbons (Fsp3) is 0.263. The van der Waals surface area contributed by atoms with Gasteiger partial charge in [0.05, 0.1) is 12.7 Å². The predicted octanol–water partition coefficient (Wildman–Crippen LogP) is 3.14. The quantitative estimate of drug-likeness (QED) is 0.555. The minimum Gasteiger partial charge on any atom is -0.345 e. The van der Waals surface area contributed by atoms with Gasteiger partial charge in [0.1, 0.15) is 22.8 Å². The lowest BCUT2D eigenvalue weighted by atomic mass is 10.1. The molecule has 0 radical (unpaired) electrons. The number of pyridine rings is 1. The van der Waals surface area contributed by atoms with E-state index in [1.54, 1.807) is 16.7 Å². The smallest absolute Gasteiger partial charge is 0.270 e. The molecule has 4 heterocycles. The zero-order valence-corrected chi connectivity index (χ0v) is 14.7. The Labute approximate surface area is 157 Å². The number of imidazole rings is 1. The molecule has 4 aromatic heterocycles. The Balaban J connectivity index is 1.53. The van der Waals surface area contributed by atoms with Crippen LogP contribution in [0.2, 0.25) is 0 Å². The highest BCUT2D eigenvalue weighted by Gasteiger charge is 2.27. The Morgan fingerprint density at radius 1 is 1.29 bits per heavy atom. The molecule has 142 valence electrons. The lowest BCUT2D eigenvalue weighted by molar-refractivity contribution is 0.0886. The number of fused-ring (bicyclic) bond motifs is 2. The number of alkyl halides is 2. The largest absolute Gasteiger partial charge is 0.345 e. The summed E-state index contributed by atoms with van der Waals surface area (Å²) >= 11 is 0. The third-order valence-corrected chi connectivity index (χ3v) is 4.86. The monoisotopic (exact) mass is 382 g/mol. The van der Waals surface area contributed by atoms with Crippen LogP contribution in [-0.2, 0) is 0 Å². The number of hydrogen-bond acceptors (Lipinski definition) is 4. The summed E-state index contributed by atoms with van der Waals surface area (Å²) in [6, 6.07) is 3.66. The van der Waals surface area contributed by atoms with Crippen molar-refractivity contribution in [2.45, 2.75) is 25.2 Å². The second-order valence-corrected chi connectivity index (χ2v) is 6.86. The fourth-order valence-electron chi connectivity index (χ4n) is 3.27. The van der Waals surface area contributed by atoms with E-state index in [1.165, 1.54) is 6.20 Å². The lowest BCUT2D eigenvalue weighted by Gasteiger charge is -2.06. The van der Waals surface area contributed by atoms with E-state index in [1.807, 2.05) is 18.5 Å². The van der Waals surface area contributed by atoms with Crippen LogP contribution < -0.4 is 5.32 Å². The first-order chi connectivity index (χ1) is 13.6. The average molecular weight is 382 g/mol. The number of aromatic nitrogens is 5. The second-order valence-electron chi connectivity index (χ2n) is 6.86. The number of amides is 1. The van der Waals surface area contributed by atoms with Crippen LogP contribution in [0.25, 0.3) is 27.8 Å². The van der Waals surface area contributed by atoms with Crippen molar-refractivity contribution in [2.75, 3.05) is 6.54 Å². The number of halogens is 2. The molecule has 0 bridgehead atoms. The molecule has 9 heteroatoms. The van der Waals surface area contributed by atoms with Crippen molar-refractivity contribution in [3.05, 3.63) is 48.4 Å². The molecular weight excluding hydrogens is 366 g/mol. The predicted molar refractivity (Wildman–Crippen MR) is 98.4 cm³/mol. The topological polar surface area (TPSA) is 88.0 Å². The van der Waals surface area contributed by atoms with Crippen LogP contribution in [0.4, 0.5) is 8.78 Å². The zero-order valence-electron chi connectivity index (χ0n) is 14.7. The van der Waals surface area contributed by atoms with E-state index in [4.69, 9.17) is 0 Å². The highest BCUT2D eigenvalue weighted by atomic mass is 19.3. The molecule has 1 aliphatic rings. The van der Waals surface area contributed by atoms with E-state index in [9.17, 15) is 13.6 Å². The number of nitrogens with zero attached hydrogens (tertiary/aromatic N) is 4. The van der Waals surface area contributed by atoms with Crippen LogP contribution in [0.1, 0.15) is 35.1 Å². The van der Waals surface area contributed by atoms with E-state index in [-0.39, 0.29) is 5.69 Å². The van der Waals surface area contributed by atoms with Gasteiger partial charge in [0, 0.05) is 41.0 Å². The van der Waals surface area contributed by atoms with E-state index in [0.717, 1.165) is 40.8 Å². The summed E-state index contributed by atoms with van der Waals surface area (Å²) in [4.78, 5) is 28.6. The van der Waals surface area contributed by atoms with E-state index < -0.39 is 18.9 Å². The highest BCUT2D eigenvalue weighted by Crippen LogP contribution is 2.38. The molecule has 2 N–H and O–H groups in total. The maximum absolute atomic E-state index is 12.4. The van der Waals surface area contributed by atoms with Gasteiger partial charge in [-0.05, 0) is 25.0 Å². The highest BCUT2D eigenvalue weighted by molar-refractivity contribution is 5.95. The molecule has 28 heavy (non-hydrogen) atoms. The van der Waals surface area contributed by atoms with Gasteiger partial charge in [0.15, 0.2) is 0 Å². The van der Waals surface area contributed by atoms with Crippen molar-refractivity contribution in [2.24, 2.45) is 0 Å². The van der Waals surface area contributed by atoms with Crippen LogP contribution in [-0.4, -0.2) is 43.2 Å². The SMILES string of the molecule is O=C(NCC(F)F)c1cnc2ccc(-c3c[nH]c4nc(C5CC5)ncc34)cn12. The van der Waals surface area contributed by atoms with Gasteiger partial charge in [0.2, 0.25) is 0 Å². The number of carbonyl (C=O) groups excluding carboxylic acids is 1. The summed E-state index contributed by atoms with van der Waals surface area (Å²) in [6.45, 7) is -0.700. The molecule has 5 rings (SSSR count). The summed E-state index contributed by atoms with van der Waals surface area (Å²) in [5, 5.41) is 3.09. The van der Waals surface area contributed by atoms with Crippen LogP contribution in [0.3, 0.4) is 0 Å². The summed E-state index contributed by atoms with van der Waals surface area (Å²) < 4.78 is 26.3. The molecule has 4 aromatic rings. The Morgan fingerprint density at radius 2 is 2.14 bits per heavy atom. The van der Waals surface area contributed by atoms with Gasteiger partial charge in [-0.3, -0.25) is 9.20 Å². The van der Waals surface area contributed by atoms with Gasteiger partial charge in [0.25, 0.3) is 12.3 Å². The minimum atomic E-state index is -2.61. The van der Waals surface area contributed by atoms with E-state index in [2.05, 4.69) is 25.3 Å². The Morgan fingerprint density at radius 3 is 2.93 bits per heavy atom. The van der Waals surface area contributed by atoms with E-state index in [0.29, 0.717) is 11.6 Å². The number of hydrogen-bond donors (Lipinski definition) is 2. The molecular formula is C19H16F2N6O. The molecule has 0 spiro atoms. The molecule has 1 fully saturated rings. The molecule has 1 amide bonds. The molecule has 0 atom stereocenters. The first kappa shape index (κ1) is 16.8. The third-order valence-electron chi connectivity index (χ3n) is 4.86. The van der Waals surface area contributed by atoms with Gasteiger partial charge in [-0.2, -0.15) is 0 Å². The van der Waals surface area contributed by atoms with Crippen molar-refractivity contribution in [3.63, 3.8) is 0 Å². The Hall–Kier alpha value is -3.36. The van der Waals surface area contributed by atoms with Crippen LogP contribution in [0.5, 0.6) is 0 Å². The van der Waals surface area contributed by atoms with Gasteiger partial charge < -0.3 is 10.3 Å². The van der Waals surface area contributed by atoms with E-state index >= 15 is 0 Å². The molecule has 0 saturated heterocycles. The summed E-state index contributed by atoms with van der Waals surface area (Å²) in [7, 11) is 0. The molecule has 0 unspecified atom stereocenters. The molecule has 0 aromatic carbocycles. The van der Waals surface area contributed by atoms with Gasteiger partial charge in [-0.25, -0.2) is 23.7 Å². The number of nitrogens with one attached hydrogen (secondary N) is 2. The molecule has 1 aliphatic carbocycles. The zero-order chi connectivity index (χ0) is 19.3. The molecule has 7 nitrogen and oxygen atoms in total. The van der Waals surface area contributed by atoms with Crippen molar-refractivity contribution in [1.29, 1.82) is 0 Å². The van der Waals surface area contributed by atoms with Gasteiger partial charge in [-0.15, -0.1) is 0 Å². The summed E-state index contributed by atoms with van der Waals surface area (Å²) in [6.07, 6.45) is 6.46. The molecule has 1 saturated carbocycles. The van der Waals surface area contributed by atoms with Crippen molar-refractivity contribution >= 4 is 22.6 Å². The third kappa shape index (κ3) is 2.88. The number of carbonyl (C=O) groups is 1. The lowest BCUT2D eigenvalue weighted by Crippen LogP contribution is -2.29. The Bertz CT molecular complexity index is 1190. The standard InChI is InChI=1S/C19H16F2N6O/c20-15(21)8-25-19(28)14-7-22-16-4-3-11(9-27(14)16)12-5-24-18-13(12)6-23-17(26-18)10-1-2-10/h3-7,9-10,15H,1-2,8H2,(H,25,28)(H,23,24,26). The van der Waals surface area contributed by atoms with Crippen molar-refractivity contribution in [1.82, 2.24) is 29.7 Å². The number of H-pyrrole nitrogens is 1. The normalized spacial score (nSPS) is 14.2. The average Bonchev–Trinajstić information content (AvgIpc) is 3.33. The minimum absolute atomic E-state index is 0.199. The number of aromatic amines is 1. The summed E-state index contributed by atoms with van der Waals surface area (Å²) in [5.74, 6) is 0.734. The summed E-state index contributed by atoms with van der Waals surface area (Å²) in [5.41, 5.74) is 3.25. The maximum Gasteiger partial charge on any atom is 0.270 e. The number of rotatable bonds is 5. The van der Waals surface area contributed by atoms with Crippen molar-refractivity contribution < 1.29 is 13.6 Å². The molecule has 0 aliphatic heterocycles. The van der Waals surface area contributed by atoms with Crippen LogP contribution in [0, 0.1) is 0 Å². The van der Waals surface area contributed by atoms with Crippen molar-refractivity contribution in [3.8, 4) is 11.1 Å². The first-order valence-electron chi connectivity index (χ1n) is 8.98. The van der Waals surface area contributed by atoms with Gasteiger partial charge >= 0.3 is 0 Å². The van der Waals surface area contributed by atoms with Crippen LogP contribution in [0.15, 0.2) is 36.9 Å². The fourth-order valence-corrected chi connectivity index (χ4v) is 3.27. The first-order valence-corrected chi connectivity index (χ1v) is 8.98. The van der Waals surface area contributed by atoms with Crippen LogP contribution >= 0.6 is 0 Å². The Kier molecular flexibility index (Phi) is 3.81. The maximum atomic E-state index is 12.4.